The maximum Gasteiger partial charge on any atom is 0.227 e. The van der Waals surface area contributed by atoms with Crippen molar-refractivity contribution in [3.05, 3.63) is 21.0 Å². The zero-order valence-corrected chi connectivity index (χ0v) is 13.4. The lowest BCUT2D eigenvalue weighted by Crippen LogP contribution is -2.28. The van der Waals surface area contributed by atoms with E-state index in [0.29, 0.717) is 12.2 Å². The van der Waals surface area contributed by atoms with Gasteiger partial charge in [-0.25, -0.2) is 18.5 Å². The Hall–Kier alpha value is -0.450. The Bertz CT molecular complexity index is 622. The lowest BCUT2D eigenvalue weighted by molar-refractivity contribution is -0.117. The Labute approximate surface area is 129 Å². The summed E-state index contributed by atoms with van der Waals surface area (Å²) in [7, 11) is -3.57. The van der Waals surface area contributed by atoms with Crippen LogP contribution in [0.3, 0.4) is 0 Å². The third-order valence-electron chi connectivity index (χ3n) is 2.77. The molecule has 9 heteroatoms. The van der Waals surface area contributed by atoms with Crippen LogP contribution in [0.5, 0.6) is 0 Å². The Balaban J connectivity index is 2.23. The average molecular weight is 416 g/mol. The van der Waals surface area contributed by atoms with Crippen LogP contribution in [0.25, 0.3) is 0 Å². The molecule has 0 aromatic carbocycles. The summed E-state index contributed by atoms with van der Waals surface area (Å²) in [6.45, 7) is 0.325. The zero-order valence-electron chi connectivity index (χ0n) is 9.71. The number of halogens is 2. The van der Waals surface area contributed by atoms with Crippen molar-refractivity contribution < 1.29 is 13.2 Å². The molecule has 1 atom stereocenters. The first kappa shape index (κ1) is 14.9. The highest BCUT2D eigenvalue weighted by Crippen LogP contribution is 2.30. The van der Waals surface area contributed by atoms with Crippen LogP contribution in [0.15, 0.2) is 12.3 Å². The SMILES string of the molecule is NS(=O)(=O)CC1CC(=O)N(c2cc(Cl)ncc2I)C1. The quantitative estimate of drug-likeness (QED) is 0.588. The van der Waals surface area contributed by atoms with E-state index in [1.165, 1.54) is 4.90 Å². The Morgan fingerprint density at radius 1 is 1.58 bits per heavy atom. The minimum Gasteiger partial charge on any atom is -0.311 e. The molecule has 1 amide bonds. The zero-order chi connectivity index (χ0) is 14.2. The van der Waals surface area contributed by atoms with E-state index >= 15 is 0 Å². The summed E-state index contributed by atoms with van der Waals surface area (Å²) in [4.78, 5) is 17.4. The molecule has 6 nitrogen and oxygen atoms in total. The number of hydrogen-bond acceptors (Lipinski definition) is 4. The molecular formula is C10H11ClIN3O3S. The van der Waals surface area contributed by atoms with Crippen molar-refractivity contribution in [1.82, 2.24) is 4.98 Å². The van der Waals surface area contributed by atoms with E-state index in [0.717, 1.165) is 3.57 Å². The first-order valence-corrected chi connectivity index (χ1v) is 8.55. The summed E-state index contributed by atoms with van der Waals surface area (Å²) in [5, 5.41) is 5.30. The number of carbonyl (C=O) groups excluding carboxylic acids is 1. The molecule has 1 aromatic heterocycles. The van der Waals surface area contributed by atoms with Crippen molar-refractivity contribution in [2.24, 2.45) is 11.1 Å². The van der Waals surface area contributed by atoms with Gasteiger partial charge in [-0.1, -0.05) is 11.6 Å². The highest BCUT2D eigenvalue weighted by Gasteiger charge is 2.33. The van der Waals surface area contributed by atoms with Gasteiger partial charge in [-0.15, -0.1) is 0 Å². The molecule has 0 spiro atoms. The van der Waals surface area contributed by atoms with E-state index in [4.69, 9.17) is 16.7 Å². The first-order chi connectivity index (χ1) is 8.76. The summed E-state index contributed by atoms with van der Waals surface area (Å²) in [6, 6.07) is 1.60. The lowest BCUT2D eigenvalue weighted by Gasteiger charge is -2.18. The molecule has 0 aliphatic carbocycles. The third kappa shape index (κ3) is 3.77. The fourth-order valence-corrected chi connectivity index (χ4v) is 3.68. The van der Waals surface area contributed by atoms with E-state index in [-0.39, 0.29) is 29.2 Å². The first-order valence-electron chi connectivity index (χ1n) is 5.38. The standard InChI is InChI=1S/C10H11ClIN3O3S/c11-9-2-8(7(12)3-14-9)15-4-6(1-10(15)16)5-19(13,17)18/h2-3,6H,1,4-5H2,(H2,13,17,18). The van der Waals surface area contributed by atoms with Gasteiger partial charge in [0.15, 0.2) is 0 Å². The molecule has 1 saturated heterocycles. The van der Waals surface area contributed by atoms with Gasteiger partial charge in [-0.2, -0.15) is 0 Å². The molecule has 1 fully saturated rings. The van der Waals surface area contributed by atoms with Gasteiger partial charge in [-0.05, 0) is 22.6 Å². The van der Waals surface area contributed by atoms with E-state index in [1.54, 1.807) is 12.3 Å². The van der Waals surface area contributed by atoms with E-state index in [1.807, 2.05) is 0 Å². The number of rotatable bonds is 3. The van der Waals surface area contributed by atoms with Crippen LogP contribution in [-0.2, 0) is 14.8 Å². The number of nitrogens with zero attached hydrogens (tertiary/aromatic N) is 2. The van der Waals surface area contributed by atoms with Gasteiger partial charge < -0.3 is 4.90 Å². The van der Waals surface area contributed by atoms with Crippen molar-refractivity contribution in [3.8, 4) is 0 Å². The highest BCUT2D eigenvalue weighted by molar-refractivity contribution is 14.1. The number of primary sulfonamides is 1. The van der Waals surface area contributed by atoms with E-state index in [9.17, 15) is 13.2 Å². The van der Waals surface area contributed by atoms with Crippen molar-refractivity contribution in [2.75, 3.05) is 17.2 Å². The number of hydrogen-bond donors (Lipinski definition) is 1. The maximum absolute atomic E-state index is 12.0. The molecule has 0 radical (unpaired) electrons. The van der Waals surface area contributed by atoms with Gasteiger partial charge in [0.05, 0.1) is 15.0 Å². The molecule has 2 rings (SSSR count). The lowest BCUT2D eigenvalue weighted by atomic mass is 10.1. The second-order valence-electron chi connectivity index (χ2n) is 4.36. The fourth-order valence-electron chi connectivity index (χ4n) is 2.06. The molecule has 0 saturated carbocycles. The van der Waals surface area contributed by atoms with Crippen LogP contribution in [0.2, 0.25) is 5.15 Å². The van der Waals surface area contributed by atoms with Crippen molar-refractivity contribution >= 4 is 55.8 Å². The van der Waals surface area contributed by atoms with Gasteiger partial charge in [0.25, 0.3) is 0 Å². The summed E-state index contributed by atoms with van der Waals surface area (Å²) < 4.78 is 22.9. The smallest absolute Gasteiger partial charge is 0.227 e. The maximum atomic E-state index is 12.0. The summed E-state index contributed by atoms with van der Waals surface area (Å²) >= 11 is 7.87. The van der Waals surface area contributed by atoms with Crippen LogP contribution in [0, 0.1) is 9.49 Å². The normalized spacial score (nSPS) is 20.1. The average Bonchev–Trinajstić information content (AvgIpc) is 2.60. The van der Waals surface area contributed by atoms with Gasteiger partial charge >= 0.3 is 0 Å². The van der Waals surface area contributed by atoms with Crippen LogP contribution in [-0.4, -0.2) is 31.6 Å². The fraction of sp³-hybridized carbons (Fsp3) is 0.400. The number of anilines is 1. The van der Waals surface area contributed by atoms with Crippen molar-refractivity contribution in [1.29, 1.82) is 0 Å². The van der Waals surface area contributed by atoms with Crippen molar-refractivity contribution in [2.45, 2.75) is 6.42 Å². The molecule has 1 aliphatic rings. The van der Waals surface area contributed by atoms with Crippen LogP contribution >= 0.6 is 34.2 Å². The molecule has 104 valence electrons. The predicted octanol–water partition coefficient (Wildman–Crippen LogP) is 0.981. The molecule has 0 bridgehead atoms. The minimum atomic E-state index is -3.57. The van der Waals surface area contributed by atoms with Crippen LogP contribution < -0.4 is 10.0 Å². The molecule has 1 aromatic rings. The Morgan fingerprint density at radius 2 is 2.26 bits per heavy atom. The topological polar surface area (TPSA) is 93.4 Å². The van der Waals surface area contributed by atoms with Crippen LogP contribution in [0.1, 0.15) is 6.42 Å². The second-order valence-corrected chi connectivity index (χ2v) is 7.57. The van der Waals surface area contributed by atoms with Gasteiger partial charge in [0, 0.05) is 31.1 Å². The molecular weight excluding hydrogens is 405 g/mol. The number of carbonyl (C=O) groups is 1. The number of amides is 1. The monoisotopic (exact) mass is 415 g/mol. The van der Waals surface area contributed by atoms with Gasteiger partial charge in [0.2, 0.25) is 15.9 Å². The molecule has 2 N–H and O–H groups in total. The molecule has 19 heavy (non-hydrogen) atoms. The number of aromatic nitrogens is 1. The summed E-state index contributed by atoms with van der Waals surface area (Å²) in [6.07, 6.45) is 1.74. The number of pyridine rings is 1. The highest BCUT2D eigenvalue weighted by atomic mass is 127. The van der Waals surface area contributed by atoms with Gasteiger partial charge in [0.1, 0.15) is 5.15 Å². The number of nitrogens with two attached hydrogens (primary N) is 1. The largest absolute Gasteiger partial charge is 0.311 e. The second kappa shape index (κ2) is 5.51. The Kier molecular flexibility index (Phi) is 4.33. The third-order valence-corrected chi connectivity index (χ3v) is 4.74. The van der Waals surface area contributed by atoms with E-state index < -0.39 is 10.0 Å². The Morgan fingerprint density at radius 3 is 2.89 bits per heavy atom. The molecule has 2 heterocycles. The van der Waals surface area contributed by atoms with Crippen LogP contribution in [0.4, 0.5) is 5.69 Å². The molecule has 1 aliphatic heterocycles. The summed E-state index contributed by atoms with van der Waals surface area (Å²) in [5.41, 5.74) is 0.655. The number of sulfonamides is 1. The van der Waals surface area contributed by atoms with Crippen molar-refractivity contribution in [3.63, 3.8) is 0 Å². The van der Waals surface area contributed by atoms with Gasteiger partial charge in [-0.3, -0.25) is 4.79 Å². The summed E-state index contributed by atoms with van der Waals surface area (Å²) in [5.74, 6) is -0.607. The van der Waals surface area contributed by atoms with E-state index in [2.05, 4.69) is 27.6 Å². The molecule has 1 unspecified atom stereocenters. The predicted molar refractivity (Wildman–Crippen MR) is 80.4 cm³/mol. The minimum absolute atomic E-state index is 0.131.